The van der Waals surface area contributed by atoms with Crippen molar-refractivity contribution in [2.45, 2.75) is 31.2 Å². The van der Waals surface area contributed by atoms with Gasteiger partial charge in [0.25, 0.3) is 0 Å². The Hall–Kier alpha value is -2.73. The maximum atomic E-state index is 12.3. The van der Waals surface area contributed by atoms with Gasteiger partial charge in [0.15, 0.2) is 5.78 Å². The first-order chi connectivity index (χ1) is 13.7. The highest BCUT2D eigenvalue weighted by Gasteiger charge is 2.44. The summed E-state index contributed by atoms with van der Waals surface area (Å²) in [6, 6.07) is 10.2. The van der Waals surface area contributed by atoms with E-state index < -0.39 is 0 Å². The number of rotatable bonds is 5. The molecule has 3 aliphatic rings. The maximum absolute atomic E-state index is 12.3. The summed E-state index contributed by atoms with van der Waals surface area (Å²) >= 11 is 0. The second-order valence-corrected chi connectivity index (χ2v) is 7.95. The third-order valence-corrected chi connectivity index (χ3v) is 6.28. The summed E-state index contributed by atoms with van der Waals surface area (Å²) in [5.74, 6) is 0.712. The van der Waals surface area contributed by atoms with Gasteiger partial charge in [0.1, 0.15) is 0 Å². The van der Waals surface area contributed by atoms with Crippen molar-refractivity contribution < 1.29 is 9.59 Å². The van der Waals surface area contributed by atoms with E-state index in [0.717, 1.165) is 43.7 Å². The van der Waals surface area contributed by atoms with Crippen molar-refractivity contribution in [1.29, 1.82) is 0 Å². The second-order valence-electron chi connectivity index (χ2n) is 7.95. The molecule has 28 heavy (non-hydrogen) atoms. The minimum Gasteiger partial charge on any atom is -0.357 e. The van der Waals surface area contributed by atoms with Gasteiger partial charge < -0.3 is 15.1 Å². The van der Waals surface area contributed by atoms with Crippen LogP contribution in [0, 0.1) is 0 Å². The van der Waals surface area contributed by atoms with Crippen molar-refractivity contribution in [3.63, 3.8) is 0 Å². The minimum atomic E-state index is 0.0855. The molecule has 0 saturated carbocycles. The molecule has 0 bridgehead atoms. The number of carbonyl (C=O) groups is 2. The molecule has 2 atom stereocenters. The molecule has 5 rings (SSSR count). The lowest BCUT2D eigenvalue weighted by Gasteiger charge is -2.39. The molecule has 1 fully saturated rings. The van der Waals surface area contributed by atoms with Crippen LogP contribution in [0.5, 0.6) is 0 Å². The van der Waals surface area contributed by atoms with Crippen molar-refractivity contribution in [2.24, 2.45) is 0 Å². The summed E-state index contributed by atoms with van der Waals surface area (Å²) in [6.45, 7) is 3.42. The Labute approximate surface area is 164 Å². The van der Waals surface area contributed by atoms with Crippen LogP contribution in [-0.2, 0) is 4.79 Å². The normalized spacial score (nSPS) is 23.1. The monoisotopic (exact) mass is 376 g/mol. The number of para-hydroxylation sites is 1. The van der Waals surface area contributed by atoms with Crippen LogP contribution >= 0.6 is 0 Å². The van der Waals surface area contributed by atoms with Gasteiger partial charge in [0.05, 0.1) is 17.9 Å². The number of benzene rings is 1. The van der Waals surface area contributed by atoms with E-state index in [-0.39, 0.29) is 11.7 Å². The van der Waals surface area contributed by atoms with Crippen LogP contribution in [0.1, 0.15) is 41.1 Å². The van der Waals surface area contributed by atoms with E-state index in [9.17, 15) is 9.59 Å². The molecule has 1 aromatic heterocycles. The zero-order valence-corrected chi connectivity index (χ0v) is 15.8. The van der Waals surface area contributed by atoms with Crippen molar-refractivity contribution in [1.82, 2.24) is 9.88 Å². The number of likely N-dealkylation sites (tertiary alicyclic amines) is 1. The van der Waals surface area contributed by atoms with Gasteiger partial charge in [-0.25, -0.2) is 0 Å². The van der Waals surface area contributed by atoms with E-state index in [1.54, 1.807) is 24.5 Å². The molecular weight excluding hydrogens is 352 g/mol. The fourth-order valence-electron chi connectivity index (χ4n) is 5.02. The topological polar surface area (TPSA) is 65.5 Å². The summed E-state index contributed by atoms with van der Waals surface area (Å²) in [7, 11) is 0. The first-order valence-corrected chi connectivity index (χ1v) is 10.1. The Morgan fingerprint density at radius 1 is 1.21 bits per heavy atom. The Kier molecular flexibility index (Phi) is 4.36. The fraction of sp³-hybridized carbons (Fsp3) is 0.409. The van der Waals surface area contributed by atoms with Crippen LogP contribution in [0.4, 0.5) is 11.4 Å². The van der Waals surface area contributed by atoms with Gasteiger partial charge in [0.2, 0.25) is 5.91 Å². The van der Waals surface area contributed by atoms with Crippen LogP contribution in [-0.4, -0.2) is 53.8 Å². The van der Waals surface area contributed by atoms with E-state index in [2.05, 4.69) is 26.2 Å². The number of hydrogen-bond acceptors (Lipinski definition) is 5. The highest BCUT2D eigenvalue weighted by Crippen LogP contribution is 2.49. The molecule has 1 saturated heterocycles. The first kappa shape index (κ1) is 17.4. The second kappa shape index (κ2) is 7.02. The van der Waals surface area contributed by atoms with Crippen LogP contribution in [0.25, 0.3) is 0 Å². The third-order valence-electron chi connectivity index (χ3n) is 6.28. The number of fused-ring (bicyclic) bond motifs is 3. The highest BCUT2D eigenvalue weighted by molar-refractivity contribution is 6.03. The molecular formula is C22H24N4O2. The quantitative estimate of drug-likeness (QED) is 0.813. The molecule has 1 amide bonds. The Bertz CT molecular complexity index is 914. The van der Waals surface area contributed by atoms with E-state index in [4.69, 9.17) is 0 Å². The van der Waals surface area contributed by atoms with E-state index in [0.29, 0.717) is 24.9 Å². The van der Waals surface area contributed by atoms with Crippen LogP contribution < -0.4 is 10.2 Å². The number of ketones is 1. The van der Waals surface area contributed by atoms with Crippen LogP contribution in [0.15, 0.2) is 42.7 Å². The number of piperidine rings is 1. The number of hydrogen-bond donors (Lipinski definition) is 1. The number of anilines is 2. The maximum Gasteiger partial charge on any atom is 0.243 e. The predicted molar refractivity (Wildman–Crippen MR) is 108 cm³/mol. The zero-order valence-electron chi connectivity index (χ0n) is 15.8. The Morgan fingerprint density at radius 2 is 2.07 bits per heavy atom. The summed E-state index contributed by atoms with van der Waals surface area (Å²) in [6.07, 6.45) is 5.84. The van der Waals surface area contributed by atoms with E-state index >= 15 is 0 Å². The average molecular weight is 376 g/mol. The van der Waals surface area contributed by atoms with Crippen molar-refractivity contribution in [3.05, 3.63) is 53.9 Å². The number of nitrogens with zero attached hydrogens (tertiary/aromatic N) is 3. The average Bonchev–Trinajstić information content (AvgIpc) is 3.03. The van der Waals surface area contributed by atoms with Gasteiger partial charge in [-0.05, 0) is 43.1 Å². The predicted octanol–water partition coefficient (Wildman–Crippen LogP) is 2.67. The smallest absolute Gasteiger partial charge is 0.243 e. The van der Waals surface area contributed by atoms with Crippen molar-refractivity contribution >= 4 is 23.1 Å². The first-order valence-electron chi connectivity index (χ1n) is 10.1. The molecule has 6 heteroatoms. The molecule has 144 valence electrons. The summed E-state index contributed by atoms with van der Waals surface area (Å²) in [5.41, 5.74) is 4.29. The van der Waals surface area contributed by atoms with Crippen LogP contribution in [0.2, 0.25) is 0 Å². The van der Waals surface area contributed by atoms with Crippen LogP contribution in [0.3, 0.4) is 0 Å². The minimum absolute atomic E-state index is 0.0855. The zero-order chi connectivity index (χ0) is 19.1. The van der Waals surface area contributed by atoms with Gasteiger partial charge >= 0.3 is 0 Å². The lowest BCUT2D eigenvalue weighted by molar-refractivity contribution is -0.115. The van der Waals surface area contributed by atoms with Gasteiger partial charge in [-0.3, -0.25) is 14.6 Å². The number of Topliss-reactive ketones (excluding diaryl/α,β-unsaturated/α-hetero) is 1. The lowest BCUT2D eigenvalue weighted by Crippen LogP contribution is -2.49. The Morgan fingerprint density at radius 3 is 2.93 bits per heavy atom. The number of carbonyl (C=O) groups excluding carboxylic acids is 2. The van der Waals surface area contributed by atoms with Gasteiger partial charge in [-0.15, -0.1) is 0 Å². The van der Waals surface area contributed by atoms with Crippen molar-refractivity contribution in [3.8, 4) is 0 Å². The molecule has 0 aliphatic carbocycles. The molecule has 0 radical (unpaired) electrons. The molecule has 4 heterocycles. The SMILES string of the molecule is O=C1CN2c3c(cccc3[C@@H]3CN(CCCC(=O)c4ccncc4)CC[C@@H]32)N1. The summed E-state index contributed by atoms with van der Waals surface area (Å²) in [5, 5.41) is 3.02. The highest BCUT2D eigenvalue weighted by atomic mass is 16.2. The molecule has 2 aromatic rings. The van der Waals surface area contributed by atoms with Gasteiger partial charge in [-0.1, -0.05) is 12.1 Å². The van der Waals surface area contributed by atoms with E-state index in [1.807, 2.05) is 12.1 Å². The summed E-state index contributed by atoms with van der Waals surface area (Å²) < 4.78 is 0. The van der Waals surface area contributed by atoms with Gasteiger partial charge in [0, 0.05) is 49.4 Å². The molecule has 1 aromatic carbocycles. The number of pyridine rings is 1. The number of amides is 1. The molecule has 3 aliphatic heterocycles. The molecule has 0 unspecified atom stereocenters. The standard InChI is InChI=1S/C22H24N4O2/c27-20(15-6-9-23-10-7-15)5-2-11-25-12-8-19-17(13-25)16-3-1-4-18-22(16)26(19)14-21(28)24-18/h1,3-4,6-7,9-10,17,19H,2,5,8,11-14H2,(H,24,28)/t17-,19-/m0/s1. The number of aromatic nitrogens is 1. The van der Waals surface area contributed by atoms with Gasteiger partial charge in [-0.2, -0.15) is 0 Å². The Balaban J connectivity index is 1.24. The fourth-order valence-corrected chi connectivity index (χ4v) is 5.02. The summed E-state index contributed by atoms with van der Waals surface area (Å²) in [4.78, 5) is 33.1. The molecule has 1 N–H and O–H groups in total. The molecule has 6 nitrogen and oxygen atoms in total. The molecule has 0 spiro atoms. The lowest BCUT2D eigenvalue weighted by atomic mass is 9.89. The van der Waals surface area contributed by atoms with Crippen molar-refractivity contribution in [2.75, 3.05) is 36.4 Å². The number of nitrogens with one attached hydrogen (secondary N) is 1. The van der Waals surface area contributed by atoms with E-state index in [1.165, 1.54) is 11.3 Å². The third kappa shape index (κ3) is 2.98. The largest absolute Gasteiger partial charge is 0.357 e.